The van der Waals surface area contributed by atoms with E-state index in [0.29, 0.717) is 28.0 Å². The molecule has 0 fully saturated rings. The lowest BCUT2D eigenvalue weighted by atomic mass is 9.93. The van der Waals surface area contributed by atoms with E-state index in [1.165, 1.54) is 16.2 Å². The number of hydrogen-bond donors (Lipinski definition) is 0. The predicted molar refractivity (Wildman–Crippen MR) is 133 cm³/mol. The number of carbonyl (C=O) groups is 2. The molecule has 2 aromatic heterocycles. The molecule has 1 aliphatic rings. The molecule has 3 aromatic rings. The van der Waals surface area contributed by atoms with Crippen LogP contribution in [0.5, 0.6) is 0 Å². The third-order valence-corrected chi connectivity index (χ3v) is 8.09. The molecular weight excluding hydrogens is 483 g/mol. The number of nitrogens with zero attached hydrogens (tertiary/aromatic N) is 2. The molecule has 0 aliphatic carbocycles. The second kappa shape index (κ2) is 10.4. The molecule has 0 bridgehead atoms. The number of fused-ring (bicyclic) bond motifs is 1. The van der Waals surface area contributed by atoms with Gasteiger partial charge in [-0.15, -0.1) is 22.7 Å². The summed E-state index contributed by atoms with van der Waals surface area (Å²) in [5, 5.41) is 5.04. The topological polar surface area (TPSA) is 40.6 Å². The van der Waals surface area contributed by atoms with Gasteiger partial charge in [0.05, 0.1) is 10.9 Å². The molecule has 1 unspecified atom stereocenters. The Bertz CT molecular complexity index is 1100. The van der Waals surface area contributed by atoms with Gasteiger partial charge in [0.25, 0.3) is 5.91 Å². The molecule has 0 saturated carbocycles. The van der Waals surface area contributed by atoms with Gasteiger partial charge in [0.15, 0.2) is 0 Å². The molecule has 0 N–H and O–H groups in total. The molecule has 1 aromatic carbocycles. The standard InChI is InChI=1S/C24H24Cl2N2O2S2/c1-2-3-10-27(24(30)21-5-4-12-31-21)15-22(29)28-11-8-20-18(9-13-32-20)23(28)17-7-6-16(25)14-19(17)26/h4-7,9,12-14,23H,2-3,8,10-11,15H2,1H3. The van der Waals surface area contributed by atoms with Gasteiger partial charge in [-0.2, -0.15) is 0 Å². The summed E-state index contributed by atoms with van der Waals surface area (Å²) in [6.07, 6.45) is 2.60. The average Bonchev–Trinajstić information content (AvgIpc) is 3.47. The van der Waals surface area contributed by atoms with E-state index in [9.17, 15) is 9.59 Å². The van der Waals surface area contributed by atoms with Crippen molar-refractivity contribution >= 4 is 57.7 Å². The van der Waals surface area contributed by atoms with Crippen LogP contribution in [-0.4, -0.2) is 41.2 Å². The number of benzene rings is 1. The lowest BCUT2D eigenvalue weighted by Crippen LogP contribution is -2.47. The van der Waals surface area contributed by atoms with Gasteiger partial charge < -0.3 is 9.80 Å². The highest BCUT2D eigenvalue weighted by Crippen LogP contribution is 2.41. The van der Waals surface area contributed by atoms with Gasteiger partial charge in [0, 0.05) is 28.0 Å². The fourth-order valence-corrected chi connectivity index (χ4v) is 6.16. The van der Waals surface area contributed by atoms with Crippen LogP contribution in [0.1, 0.15) is 51.5 Å². The second-order valence-corrected chi connectivity index (χ2v) is 10.6. The fourth-order valence-electron chi connectivity index (χ4n) is 4.06. The maximum Gasteiger partial charge on any atom is 0.264 e. The lowest BCUT2D eigenvalue weighted by molar-refractivity contribution is -0.134. The van der Waals surface area contributed by atoms with Crippen molar-refractivity contribution in [3.63, 3.8) is 0 Å². The fraction of sp³-hybridized carbons (Fsp3) is 0.333. The van der Waals surface area contributed by atoms with Crippen molar-refractivity contribution in [1.82, 2.24) is 9.80 Å². The van der Waals surface area contributed by atoms with Gasteiger partial charge in [-0.1, -0.05) is 48.7 Å². The Morgan fingerprint density at radius 3 is 2.69 bits per heavy atom. The molecule has 0 spiro atoms. The SMILES string of the molecule is CCCCN(CC(=O)N1CCc2sccc2C1c1ccc(Cl)cc1Cl)C(=O)c1cccs1. The first kappa shape index (κ1) is 23.3. The minimum Gasteiger partial charge on any atom is -0.330 e. The number of carbonyl (C=O) groups excluding carboxylic acids is 2. The number of halogens is 2. The summed E-state index contributed by atoms with van der Waals surface area (Å²) in [4.78, 5) is 32.1. The molecule has 0 radical (unpaired) electrons. The number of rotatable bonds is 7. The number of hydrogen-bond acceptors (Lipinski definition) is 4. The van der Waals surface area contributed by atoms with Gasteiger partial charge in [-0.3, -0.25) is 9.59 Å². The summed E-state index contributed by atoms with van der Waals surface area (Å²) in [5.41, 5.74) is 1.96. The van der Waals surface area contributed by atoms with Crippen LogP contribution in [0.2, 0.25) is 10.0 Å². The van der Waals surface area contributed by atoms with E-state index in [2.05, 4.69) is 18.4 Å². The Morgan fingerprint density at radius 2 is 1.97 bits per heavy atom. The Kier molecular flexibility index (Phi) is 7.56. The summed E-state index contributed by atoms with van der Waals surface area (Å²) in [7, 11) is 0. The summed E-state index contributed by atoms with van der Waals surface area (Å²) in [6, 6.07) is 10.9. The third-order valence-electron chi connectivity index (χ3n) is 5.67. The van der Waals surface area contributed by atoms with Crippen molar-refractivity contribution in [2.75, 3.05) is 19.6 Å². The molecule has 3 heterocycles. The minimum absolute atomic E-state index is 0.0535. The van der Waals surface area contributed by atoms with Crippen molar-refractivity contribution in [3.8, 4) is 0 Å². The summed E-state index contributed by atoms with van der Waals surface area (Å²) < 4.78 is 0. The largest absolute Gasteiger partial charge is 0.330 e. The second-order valence-electron chi connectivity index (χ2n) is 7.76. The highest BCUT2D eigenvalue weighted by Gasteiger charge is 2.35. The zero-order chi connectivity index (χ0) is 22.7. The Labute approximate surface area is 206 Å². The first-order valence-electron chi connectivity index (χ1n) is 10.6. The van der Waals surface area contributed by atoms with Crippen molar-refractivity contribution < 1.29 is 9.59 Å². The number of thiophene rings is 2. The maximum atomic E-state index is 13.6. The van der Waals surface area contributed by atoms with Gasteiger partial charge in [-0.25, -0.2) is 0 Å². The van der Waals surface area contributed by atoms with Crippen LogP contribution >= 0.6 is 45.9 Å². The average molecular weight is 508 g/mol. The van der Waals surface area contributed by atoms with Crippen LogP contribution < -0.4 is 0 Å². The first-order valence-corrected chi connectivity index (χ1v) is 13.1. The monoisotopic (exact) mass is 506 g/mol. The first-order chi connectivity index (χ1) is 15.5. The summed E-state index contributed by atoms with van der Waals surface area (Å²) in [6.45, 7) is 3.28. The van der Waals surface area contributed by atoms with E-state index >= 15 is 0 Å². The summed E-state index contributed by atoms with van der Waals surface area (Å²) in [5.74, 6) is -0.157. The normalized spacial score (nSPS) is 15.5. The minimum atomic E-state index is -0.285. The van der Waals surface area contributed by atoms with Crippen LogP contribution in [-0.2, 0) is 11.2 Å². The lowest BCUT2D eigenvalue weighted by Gasteiger charge is -2.38. The van der Waals surface area contributed by atoms with Gasteiger partial charge in [0.1, 0.15) is 6.54 Å². The smallest absolute Gasteiger partial charge is 0.264 e. The molecule has 0 saturated heterocycles. The molecule has 32 heavy (non-hydrogen) atoms. The molecule has 1 atom stereocenters. The van der Waals surface area contributed by atoms with Crippen molar-refractivity contribution in [2.24, 2.45) is 0 Å². The quantitative estimate of drug-likeness (QED) is 0.365. The number of unbranched alkanes of at least 4 members (excludes halogenated alkanes) is 1. The van der Waals surface area contributed by atoms with E-state index < -0.39 is 0 Å². The van der Waals surface area contributed by atoms with Crippen LogP contribution in [0.3, 0.4) is 0 Å². The molecule has 4 rings (SSSR count). The van der Waals surface area contributed by atoms with E-state index in [-0.39, 0.29) is 24.4 Å². The van der Waals surface area contributed by atoms with E-state index in [1.54, 1.807) is 28.4 Å². The molecule has 8 heteroatoms. The van der Waals surface area contributed by atoms with E-state index in [0.717, 1.165) is 30.4 Å². The molecule has 2 amide bonds. The molecular formula is C24H24Cl2N2O2S2. The van der Waals surface area contributed by atoms with Crippen molar-refractivity contribution in [1.29, 1.82) is 0 Å². The molecule has 4 nitrogen and oxygen atoms in total. The highest BCUT2D eigenvalue weighted by molar-refractivity contribution is 7.12. The van der Waals surface area contributed by atoms with Crippen LogP contribution in [0, 0.1) is 0 Å². The maximum absolute atomic E-state index is 13.6. The van der Waals surface area contributed by atoms with Gasteiger partial charge >= 0.3 is 0 Å². The van der Waals surface area contributed by atoms with Crippen LogP contribution in [0.15, 0.2) is 47.2 Å². The zero-order valence-electron chi connectivity index (χ0n) is 17.7. The predicted octanol–water partition coefficient (Wildman–Crippen LogP) is 6.53. The summed E-state index contributed by atoms with van der Waals surface area (Å²) >= 11 is 15.8. The van der Waals surface area contributed by atoms with Crippen molar-refractivity contribution in [3.05, 3.63) is 78.1 Å². The molecule has 168 valence electrons. The van der Waals surface area contributed by atoms with Crippen molar-refractivity contribution in [2.45, 2.75) is 32.2 Å². The Morgan fingerprint density at radius 1 is 1.12 bits per heavy atom. The van der Waals surface area contributed by atoms with Crippen LogP contribution in [0.4, 0.5) is 0 Å². The third kappa shape index (κ3) is 4.88. The molecule has 1 aliphatic heterocycles. The Balaban J connectivity index is 1.63. The van der Waals surface area contributed by atoms with E-state index in [1.807, 2.05) is 28.5 Å². The Hall–Kier alpha value is -1.86. The van der Waals surface area contributed by atoms with E-state index in [4.69, 9.17) is 23.2 Å². The van der Waals surface area contributed by atoms with Gasteiger partial charge in [0.2, 0.25) is 5.91 Å². The van der Waals surface area contributed by atoms with Crippen LogP contribution in [0.25, 0.3) is 0 Å². The number of amides is 2. The highest BCUT2D eigenvalue weighted by atomic mass is 35.5. The zero-order valence-corrected chi connectivity index (χ0v) is 20.9. The van der Waals surface area contributed by atoms with Gasteiger partial charge in [-0.05, 0) is 59.0 Å².